The number of amides is 3. The van der Waals surface area contributed by atoms with Crippen LogP contribution in [0.1, 0.15) is 61.5 Å². The number of nitrogens with one attached hydrogen (secondary N) is 1. The molecule has 38 heavy (non-hydrogen) atoms. The van der Waals surface area contributed by atoms with Gasteiger partial charge in [0.2, 0.25) is 0 Å². The van der Waals surface area contributed by atoms with Gasteiger partial charge in [0, 0.05) is 24.5 Å². The molecule has 194 valence electrons. The van der Waals surface area contributed by atoms with Crippen LogP contribution in [0.3, 0.4) is 0 Å². The largest absolute Gasteiger partial charge is 0.452 e. The first-order valence-electron chi connectivity index (χ1n) is 12.7. The van der Waals surface area contributed by atoms with E-state index in [0.717, 1.165) is 34.8 Å². The predicted octanol–water partition coefficient (Wildman–Crippen LogP) is 4.89. The van der Waals surface area contributed by atoms with E-state index in [1.165, 1.54) is 37.5 Å². The average Bonchev–Trinajstić information content (AvgIpc) is 3.18. The van der Waals surface area contributed by atoms with Crippen molar-refractivity contribution in [1.29, 1.82) is 0 Å². The zero-order valence-corrected chi connectivity index (χ0v) is 21.5. The van der Waals surface area contributed by atoms with Gasteiger partial charge < -0.3 is 15.0 Å². The summed E-state index contributed by atoms with van der Waals surface area (Å²) in [5.41, 5.74) is 4.39. The Morgan fingerprint density at radius 2 is 1.55 bits per heavy atom. The number of aryl methyl sites for hydroxylation is 2. The number of piperidine rings is 1. The van der Waals surface area contributed by atoms with Gasteiger partial charge in [-0.3, -0.25) is 14.4 Å². The van der Waals surface area contributed by atoms with E-state index in [0.29, 0.717) is 11.4 Å². The molecule has 0 aromatic heterocycles. The maximum absolute atomic E-state index is 13.1. The Labute approximate surface area is 221 Å². The molecule has 3 amide bonds. The molecule has 0 unspecified atom stereocenters. The van der Waals surface area contributed by atoms with Crippen molar-refractivity contribution in [3.8, 4) is 0 Å². The molecule has 8 heteroatoms. The lowest BCUT2D eigenvalue weighted by Gasteiger charge is -2.28. The van der Waals surface area contributed by atoms with E-state index in [2.05, 4.69) is 10.2 Å². The van der Waals surface area contributed by atoms with Gasteiger partial charge in [0.1, 0.15) is 0 Å². The van der Waals surface area contributed by atoms with Crippen molar-refractivity contribution in [2.45, 2.75) is 33.1 Å². The highest BCUT2D eigenvalue weighted by Gasteiger charge is 2.38. The molecule has 0 saturated carbocycles. The fourth-order valence-corrected chi connectivity index (χ4v) is 4.87. The quantitative estimate of drug-likeness (QED) is 0.374. The summed E-state index contributed by atoms with van der Waals surface area (Å²) in [6, 6.07) is 17.4. The molecule has 0 atom stereocenters. The van der Waals surface area contributed by atoms with Crippen molar-refractivity contribution in [1.82, 2.24) is 0 Å². The average molecular weight is 512 g/mol. The first-order valence-corrected chi connectivity index (χ1v) is 12.7. The summed E-state index contributed by atoms with van der Waals surface area (Å²) < 4.78 is 5.18. The van der Waals surface area contributed by atoms with Crippen molar-refractivity contribution in [3.05, 3.63) is 88.5 Å². The van der Waals surface area contributed by atoms with Crippen molar-refractivity contribution in [3.63, 3.8) is 0 Å². The van der Waals surface area contributed by atoms with Gasteiger partial charge in [0.15, 0.2) is 6.61 Å². The number of rotatable bonds is 6. The van der Waals surface area contributed by atoms with E-state index < -0.39 is 30.3 Å². The van der Waals surface area contributed by atoms with E-state index in [1.807, 2.05) is 50.2 Å². The van der Waals surface area contributed by atoms with Gasteiger partial charge in [-0.2, -0.15) is 0 Å². The monoisotopic (exact) mass is 511 g/mol. The Balaban J connectivity index is 1.21. The standard InChI is InChI=1S/C30H29N3O5/c1-19-6-7-20(2)26(16-19)33-28(35)24-13-8-21(17-25(24)29(33)36)30(37)38-18-27(34)31-22-9-11-23(12-10-22)32-14-4-3-5-15-32/h6-13,16-17H,3-5,14-15,18H2,1-2H3,(H,31,34). The molecule has 1 N–H and O–H groups in total. The third-order valence-corrected chi connectivity index (χ3v) is 6.93. The van der Waals surface area contributed by atoms with E-state index in [9.17, 15) is 19.2 Å². The van der Waals surface area contributed by atoms with Gasteiger partial charge in [-0.25, -0.2) is 9.69 Å². The molecule has 0 radical (unpaired) electrons. The molecule has 3 aromatic rings. The van der Waals surface area contributed by atoms with Gasteiger partial charge in [-0.05, 0) is 92.8 Å². The lowest BCUT2D eigenvalue weighted by molar-refractivity contribution is -0.119. The second-order valence-corrected chi connectivity index (χ2v) is 9.71. The van der Waals surface area contributed by atoms with Gasteiger partial charge in [-0.15, -0.1) is 0 Å². The van der Waals surface area contributed by atoms with Crippen LogP contribution in [0.2, 0.25) is 0 Å². The first-order chi connectivity index (χ1) is 18.3. The molecule has 3 aromatic carbocycles. The number of imide groups is 1. The van der Waals surface area contributed by atoms with Crippen molar-refractivity contribution in [2.75, 3.05) is 34.8 Å². The van der Waals surface area contributed by atoms with Crippen LogP contribution < -0.4 is 15.1 Å². The number of hydrogen-bond donors (Lipinski definition) is 1. The Kier molecular flexibility index (Phi) is 6.96. The molecule has 0 aliphatic carbocycles. The number of esters is 1. The SMILES string of the molecule is Cc1ccc(C)c(N2C(=O)c3ccc(C(=O)OCC(=O)Nc4ccc(N5CCCCC5)cc4)cc3C2=O)c1. The van der Waals surface area contributed by atoms with Crippen LogP contribution in [-0.4, -0.2) is 43.4 Å². The van der Waals surface area contributed by atoms with Crippen molar-refractivity contribution >= 4 is 40.8 Å². The molecule has 0 bridgehead atoms. The summed E-state index contributed by atoms with van der Waals surface area (Å²) in [5.74, 6) is -2.17. The number of benzene rings is 3. The summed E-state index contributed by atoms with van der Waals surface area (Å²) in [4.78, 5) is 54.6. The van der Waals surface area contributed by atoms with E-state index in [-0.39, 0.29) is 16.7 Å². The van der Waals surface area contributed by atoms with Crippen LogP contribution in [-0.2, 0) is 9.53 Å². The molecule has 2 aliphatic rings. The summed E-state index contributed by atoms with van der Waals surface area (Å²) >= 11 is 0. The summed E-state index contributed by atoms with van der Waals surface area (Å²) in [5, 5.41) is 2.73. The second kappa shape index (κ2) is 10.5. The van der Waals surface area contributed by atoms with E-state index in [1.54, 1.807) is 6.07 Å². The minimum absolute atomic E-state index is 0.0893. The normalized spacial score (nSPS) is 14.9. The molecule has 1 saturated heterocycles. The molecular formula is C30H29N3O5. The van der Waals surface area contributed by atoms with Crippen LogP contribution in [0.15, 0.2) is 60.7 Å². The number of carbonyl (C=O) groups excluding carboxylic acids is 4. The molecule has 0 spiro atoms. The first kappa shape index (κ1) is 25.2. The van der Waals surface area contributed by atoms with Crippen molar-refractivity contribution in [2.24, 2.45) is 0 Å². The van der Waals surface area contributed by atoms with Gasteiger partial charge >= 0.3 is 5.97 Å². The van der Waals surface area contributed by atoms with Crippen molar-refractivity contribution < 1.29 is 23.9 Å². The molecule has 2 heterocycles. The highest BCUT2D eigenvalue weighted by atomic mass is 16.5. The summed E-state index contributed by atoms with van der Waals surface area (Å²) in [6.45, 7) is 5.30. The van der Waals surface area contributed by atoms with Gasteiger partial charge in [0.05, 0.1) is 22.4 Å². The van der Waals surface area contributed by atoms with Crippen LogP contribution in [0.25, 0.3) is 0 Å². The zero-order chi connectivity index (χ0) is 26.8. The van der Waals surface area contributed by atoms with Gasteiger partial charge in [-0.1, -0.05) is 12.1 Å². The fraction of sp³-hybridized carbons (Fsp3) is 0.267. The molecule has 2 aliphatic heterocycles. The number of hydrogen-bond acceptors (Lipinski definition) is 6. The summed E-state index contributed by atoms with van der Waals surface area (Å²) in [7, 11) is 0. The van der Waals surface area contributed by atoms with E-state index >= 15 is 0 Å². The minimum atomic E-state index is -0.756. The predicted molar refractivity (Wildman–Crippen MR) is 145 cm³/mol. The second-order valence-electron chi connectivity index (χ2n) is 9.71. The summed E-state index contributed by atoms with van der Waals surface area (Å²) in [6.07, 6.45) is 3.63. The fourth-order valence-electron chi connectivity index (χ4n) is 4.87. The number of carbonyl (C=O) groups is 4. The lowest BCUT2D eigenvalue weighted by Crippen LogP contribution is -2.30. The van der Waals surface area contributed by atoms with E-state index in [4.69, 9.17) is 4.74 Å². The molecule has 8 nitrogen and oxygen atoms in total. The molecular weight excluding hydrogens is 482 g/mol. The maximum Gasteiger partial charge on any atom is 0.338 e. The highest BCUT2D eigenvalue weighted by molar-refractivity contribution is 6.35. The Morgan fingerprint density at radius 1 is 0.842 bits per heavy atom. The lowest BCUT2D eigenvalue weighted by atomic mass is 10.1. The number of ether oxygens (including phenoxy) is 1. The van der Waals surface area contributed by atoms with Crippen LogP contribution in [0.4, 0.5) is 17.1 Å². The molecule has 1 fully saturated rings. The third kappa shape index (κ3) is 5.02. The number of fused-ring (bicyclic) bond motifs is 1. The van der Waals surface area contributed by atoms with Gasteiger partial charge in [0.25, 0.3) is 17.7 Å². The number of anilines is 3. The van der Waals surface area contributed by atoms with Crippen LogP contribution in [0, 0.1) is 13.8 Å². The zero-order valence-electron chi connectivity index (χ0n) is 21.5. The van der Waals surface area contributed by atoms with Crippen LogP contribution >= 0.6 is 0 Å². The topological polar surface area (TPSA) is 96.0 Å². The Hall–Kier alpha value is -4.46. The highest BCUT2D eigenvalue weighted by Crippen LogP contribution is 2.32. The minimum Gasteiger partial charge on any atom is -0.452 e. The smallest absolute Gasteiger partial charge is 0.338 e. The number of nitrogens with zero attached hydrogens (tertiary/aromatic N) is 2. The Morgan fingerprint density at radius 3 is 2.29 bits per heavy atom. The van der Waals surface area contributed by atoms with Crippen LogP contribution in [0.5, 0.6) is 0 Å². The maximum atomic E-state index is 13.1. The third-order valence-electron chi connectivity index (χ3n) is 6.93. The molecule has 5 rings (SSSR count). The Bertz CT molecular complexity index is 1420.